The molecule has 4 fully saturated rings. The maximum atomic E-state index is 16.8. The fraction of sp³-hybridized carbons (Fsp3) is 0.455. The Kier molecular flexibility index (Phi) is 6.64. The van der Waals surface area contributed by atoms with E-state index in [0.29, 0.717) is 31.9 Å². The Morgan fingerprint density at radius 1 is 1.11 bits per heavy atom. The number of anilines is 2. The summed E-state index contributed by atoms with van der Waals surface area (Å²) in [6.45, 7) is 4.63. The van der Waals surface area contributed by atoms with Crippen LogP contribution in [0.25, 0.3) is 32.8 Å². The van der Waals surface area contributed by atoms with Crippen LogP contribution in [0.5, 0.6) is 6.01 Å². The molecular weight excluding hydrogens is 608 g/mol. The predicted molar refractivity (Wildman–Crippen MR) is 167 cm³/mol. The number of rotatable bonds is 5. The summed E-state index contributed by atoms with van der Waals surface area (Å²) in [6.07, 6.45) is 3.09. The topological polar surface area (TPSA) is 79.5 Å². The largest absolute Gasteiger partial charge is 0.461 e. The highest BCUT2D eigenvalue weighted by molar-refractivity contribution is 6.37. The third-order valence-corrected chi connectivity index (χ3v) is 10.6. The first kappa shape index (κ1) is 29.0. The third-order valence-electron chi connectivity index (χ3n) is 10.3. The lowest BCUT2D eigenvalue weighted by Crippen LogP contribution is -2.58. The van der Waals surface area contributed by atoms with Crippen LogP contribution in [0, 0.1) is 17.5 Å². The second-order valence-corrected chi connectivity index (χ2v) is 13.9. The minimum Gasteiger partial charge on any atom is -0.461 e. The molecule has 1 aromatic heterocycles. The number of piperazine rings is 1. The number of alkyl halides is 1. The van der Waals surface area contributed by atoms with Crippen LogP contribution in [0.15, 0.2) is 30.3 Å². The standard InChI is InChI=1S/C33H33ClF4N6O/c1-32-8-6-18(42-32)14-43(15-32)30-21-10-23(36)26(20-11-24(39)27(37)19-4-2-5-22(34)25(19)20)28(38)29(21)40-31(41-30)45-16-33-7-3-9-44(33)13-17(35)12-33/h2,4-5,10-11,17-18,42H,3,6-9,12-16,39H2,1H3/t17-,18-,32+,33+/m1/s1. The molecule has 236 valence electrons. The predicted octanol–water partition coefficient (Wildman–Crippen LogP) is 6.39. The third kappa shape index (κ3) is 4.60. The summed E-state index contributed by atoms with van der Waals surface area (Å²) in [6, 6.07) is 7.12. The van der Waals surface area contributed by atoms with E-state index >= 15 is 13.2 Å². The quantitative estimate of drug-likeness (QED) is 0.193. The first-order chi connectivity index (χ1) is 21.5. The maximum Gasteiger partial charge on any atom is 0.319 e. The summed E-state index contributed by atoms with van der Waals surface area (Å²) in [4.78, 5) is 13.4. The minimum absolute atomic E-state index is 0.0159. The summed E-state index contributed by atoms with van der Waals surface area (Å²) in [5.41, 5.74) is 4.52. The van der Waals surface area contributed by atoms with E-state index in [4.69, 9.17) is 27.1 Å². The van der Waals surface area contributed by atoms with Gasteiger partial charge in [-0.05, 0) is 62.9 Å². The Morgan fingerprint density at radius 2 is 1.96 bits per heavy atom. The Hall–Kier alpha value is -3.41. The van der Waals surface area contributed by atoms with Crippen molar-refractivity contribution >= 4 is 44.8 Å². The van der Waals surface area contributed by atoms with Crippen LogP contribution >= 0.6 is 11.6 Å². The molecule has 4 aliphatic heterocycles. The lowest BCUT2D eigenvalue weighted by Gasteiger charge is -2.40. The van der Waals surface area contributed by atoms with Gasteiger partial charge < -0.3 is 20.7 Å². The molecule has 5 heterocycles. The number of hydrogen-bond acceptors (Lipinski definition) is 7. The molecule has 4 atom stereocenters. The van der Waals surface area contributed by atoms with Crippen LogP contribution in [0.3, 0.4) is 0 Å². The summed E-state index contributed by atoms with van der Waals surface area (Å²) < 4.78 is 68.7. The molecule has 2 bridgehead atoms. The van der Waals surface area contributed by atoms with Crippen molar-refractivity contribution in [3.05, 3.63) is 52.8 Å². The molecule has 12 heteroatoms. The molecule has 3 aromatic carbocycles. The monoisotopic (exact) mass is 640 g/mol. The molecule has 8 rings (SSSR count). The minimum atomic E-state index is -0.958. The highest BCUT2D eigenvalue weighted by Crippen LogP contribution is 2.44. The number of benzene rings is 3. The van der Waals surface area contributed by atoms with Gasteiger partial charge in [-0.15, -0.1) is 0 Å². The van der Waals surface area contributed by atoms with Crippen molar-refractivity contribution in [1.82, 2.24) is 20.2 Å². The zero-order valence-electron chi connectivity index (χ0n) is 24.8. The summed E-state index contributed by atoms with van der Waals surface area (Å²) in [5.74, 6) is -2.19. The van der Waals surface area contributed by atoms with Gasteiger partial charge >= 0.3 is 6.01 Å². The summed E-state index contributed by atoms with van der Waals surface area (Å²) in [5, 5.41) is 4.16. The lowest BCUT2D eigenvalue weighted by molar-refractivity contribution is 0.107. The average Bonchev–Trinajstić information content (AvgIpc) is 3.62. The molecule has 0 spiro atoms. The van der Waals surface area contributed by atoms with Crippen molar-refractivity contribution in [2.45, 2.75) is 62.3 Å². The summed E-state index contributed by atoms with van der Waals surface area (Å²) in [7, 11) is 0. The van der Waals surface area contributed by atoms with E-state index in [1.807, 2.05) is 4.90 Å². The number of halogens is 5. The second kappa shape index (κ2) is 10.3. The summed E-state index contributed by atoms with van der Waals surface area (Å²) >= 11 is 6.47. The number of aromatic nitrogens is 2. The van der Waals surface area contributed by atoms with Crippen molar-refractivity contribution in [3.8, 4) is 17.1 Å². The van der Waals surface area contributed by atoms with Crippen LogP contribution < -0.4 is 20.7 Å². The Balaban J connectivity index is 1.30. The van der Waals surface area contributed by atoms with Gasteiger partial charge in [0.25, 0.3) is 0 Å². The number of nitrogens with zero attached hydrogens (tertiary/aromatic N) is 4. The molecule has 3 N–H and O–H groups in total. The number of hydrogen-bond donors (Lipinski definition) is 2. The van der Waals surface area contributed by atoms with Crippen molar-refractivity contribution < 1.29 is 22.3 Å². The van der Waals surface area contributed by atoms with Crippen molar-refractivity contribution in [3.63, 3.8) is 0 Å². The zero-order valence-corrected chi connectivity index (χ0v) is 25.5. The lowest BCUT2D eigenvalue weighted by atomic mass is 9.94. The van der Waals surface area contributed by atoms with Gasteiger partial charge in [-0.1, -0.05) is 23.7 Å². The van der Waals surface area contributed by atoms with Crippen molar-refractivity contribution in [2.75, 3.05) is 43.4 Å². The van der Waals surface area contributed by atoms with Gasteiger partial charge in [-0.3, -0.25) is 4.90 Å². The Bertz CT molecular complexity index is 1880. The highest BCUT2D eigenvalue weighted by atomic mass is 35.5. The van der Waals surface area contributed by atoms with Gasteiger partial charge in [0.15, 0.2) is 11.6 Å². The van der Waals surface area contributed by atoms with Gasteiger partial charge in [-0.2, -0.15) is 9.97 Å². The second-order valence-electron chi connectivity index (χ2n) is 13.4. The van der Waals surface area contributed by atoms with Crippen LogP contribution in [-0.4, -0.2) is 70.9 Å². The fourth-order valence-corrected chi connectivity index (χ4v) is 8.57. The van der Waals surface area contributed by atoms with E-state index in [1.165, 1.54) is 24.3 Å². The molecule has 4 saturated heterocycles. The van der Waals surface area contributed by atoms with Gasteiger partial charge in [0.05, 0.1) is 16.8 Å². The molecular formula is C33H33ClF4N6O. The Labute approximate surface area is 262 Å². The van der Waals surface area contributed by atoms with Crippen LogP contribution in [0.1, 0.15) is 39.0 Å². The number of fused-ring (bicyclic) bond motifs is 5. The Morgan fingerprint density at radius 3 is 2.78 bits per heavy atom. The van der Waals surface area contributed by atoms with E-state index in [2.05, 4.69) is 22.1 Å². The maximum absolute atomic E-state index is 16.8. The normalized spacial score (nSPS) is 28.0. The molecule has 4 aliphatic rings. The molecule has 0 saturated carbocycles. The zero-order chi connectivity index (χ0) is 31.2. The van der Waals surface area contributed by atoms with E-state index in [9.17, 15) is 4.39 Å². The first-order valence-corrected chi connectivity index (χ1v) is 15.8. The molecule has 0 amide bonds. The van der Waals surface area contributed by atoms with Gasteiger partial charge in [-0.25, -0.2) is 17.6 Å². The molecule has 7 nitrogen and oxygen atoms in total. The molecule has 0 aliphatic carbocycles. The van der Waals surface area contributed by atoms with Gasteiger partial charge in [0.2, 0.25) is 0 Å². The number of ether oxygens (including phenoxy) is 1. The van der Waals surface area contributed by atoms with Crippen LogP contribution in [-0.2, 0) is 0 Å². The van der Waals surface area contributed by atoms with Crippen molar-refractivity contribution in [1.29, 1.82) is 0 Å². The van der Waals surface area contributed by atoms with E-state index < -0.39 is 34.7 Å². The first-order valence-electron chi connectivity index (χ1n) is 15.5. The van der Waals surface area contributed by atoms with Crippen molar-refractivity contribution in [2.24, 2.45) is 0 Å². The van der Waals surface area contributed by atoms with Crippen LogP contribution in [0.2, 0.25) is 5.02 Å². The number of nitrogen functional groups attached to an aromatic ring is 1. The number of nitrogens with one attached hydrogen (secondary N) is 1. The highest BCUT2D eigenvalue weighted by Gasteiger charge is 2.49. The molecule has 0 unspecified atom stereocenters. The van der Waals surface area contributed by atoms with E-state index in [-0.39, 0.29) is 62.1 Å². The molecule has 0 radical (unpaired) electrons. The molecule has 45 heavy (non-hydrogen) atoms. The van der Waals surface area contributed by atoms with Crippen LogP contribution in [0.4, 0.5) is 29.1 Å². The number of nitrogens with two attached hydrogens (primary N) is 1. The van der Waals surface area contributed by atoms with E-state index in [1.54, 1.807) is 6.07 Å². The SMILES string of the molecule is C[C@]12CC[C@H](CN(c3nc(OC[C@@]45CCCN4C[C@H](F)C5)nc4c(F)c(-c5cc(N)c(F)c6cccc(Cl)c56)c(F)cc34)C1)N2. The van der Waals surface area contributed by atoms with E-state index in [0.717, 1.165) is 32.2 Å². The molecule has 4 aromatic rings. The average molecular weight is 641 g/mol. The van der Waals surface area contributed by atoms with Gasteiger partial charge in [0, 0.05) is 58.8 Å². The fourth-order valence-electron chi connectivity index (χ4n) is 8.29. The smallest absolute Gasteiger partial charge is 0.319 e. The van der Waals surface area contributed by atoms with Gasteiger partial charge in [0.1, 0.15) is 29.9 Å².